The Kier molecular flexibility index (Phi) is 4.74. The fourth-order valence-corrected chi connectivity index (χ4v) is 3.85. The van der Waals surface area contributed by atoms with Gasteiger partial charge in [-0.3, -0.25) is 9.36 Å². The average Bonchev–Trinajstić information content (AvgIpc) is 2.54. The van der Waals surface area contributed by atoms with Crippen molar-refractivity contribution in [2.24, 2.45) is 0 Å². The highest BCUT2D eigenvalue weighted by Gasteiger charge is 2.14. The minimum Gasteiger partial charge on any atom is -0.285 e. The van der Waals surface area contributed by atoms with E-state index in [-0.39, 0.29) is 11.6 Å². The zero-order chi connectivity index (χ0) is 16.4. The van der Waals surface area contributed by atoms with Gasteiger partial charge in [-0.2, -0.15) is 0 Å². The molecule has 118 valence electrons. The Labute approximate surface area is 144 Å². The molecule has 5 heteroatoms. The molecule has 0 amide bonds. The van der Waals surface area contributed by atoms with Crippen molar-refractivity contribution < 1.29 is 0 Å². The summed E-state index contributed by atoms with van der Waals surface area (Å²) >= 11 is 7.76. The van der Waals surface area contributed by atoms with Crippen LogP contribution >= 0.6 is 23.4 Å². The van der Waals surface area contributed by atoms with Crippen LogP contribution in [0.3, 0.4) is 0 Å². The fraction of sp³-hybridized carbons (Fsp3) is 0.222. The van der Waals surface area contributed by atoms with Gasteiger partial charge in [0.15, 0.2) is 5.16 Å². The number of hydrogen-bond acceptors (Lipinski definition) is 3. The monoisotopic (exact) mass is 344 g/mol. The number of benzene rings is 2. The molecule has 0 bridgehead atoms. The van der Waals surface area contributed by atoms with Crippen molar-refractivity contribution in [3.63, 3.8) is 0 Å². The first-order valence-corrected chi connectivity index (χ1v) is 8.82. The van der Waals surface area contributed by atoms with Crippen molar-refractivity contribution in [1.29, 1.82) is 0 Å². The van der Waals surface area contributed by atoms with E-state index in [1.165, 1.54) is 11.8 Å². The maximum absolute atomic E-state index is 12.8. The zero-order valence-corrected chi connectivity index (χ0v) is 14.6. The zero-order valence-electron chi connectivity index (χ0n) is 13.0. The van der Waals surface area contributed by atoms with E-state index in [1.807, 2.05) is 62.4 Å². The molecule has 3 aromatic rings. The van der Waals surface area contributed by atoms with Crippen molar-refractivity contribution in [1.82, 2.24) is 9.55 Å². The fourth-order valence-electron chi connectivity index (χ4n) is 2.44. The minimum atomic E-state index is 0.00672. The van der Waals surface area contributed by atoms with Crippen molar-refractivity contribution in [2.45, 2.75) is 30.8 Å². The summed E-state index contributed by atoms with van der Waals surface area (Å²) in [5.41, 5.74) is 1.78. The molecule has 3 rings (SSSR count). The quantitative estimate of drug-likeness (QED) is 0.497. The summed E-state index contributed by atoms with van der Waals surface area (Å²) in [5.74, 6) is 0.678. The summed E-state index contributed by atoms with van der Waals surface area (Å²) in [6.07, 6.45) is 0. The molecule has 0 unspecified atom stereocenters. The molecule has 0 N–H and O–H groups in total. The van der Waals surface area contributed by atoms with Gasteiger partial charge in [0.05, 0.1) is 10.9 Å². The topological polar surface area (TPSA) is 34.9 Å². The molecule has 1 heterocycles. The van der Waals surface area contributed by atoms with E-state index >= 15 is 0 Å². The summed E-state index contributed by atoms with van der Waals surface area (Å²) < 4.78 is 1.75. The lowest BCUT2D eigenvalue weighted by Crippen LogP contribution is -2.25. The third-order valence-corrected chi connectivity index (χ3v) is 4.98. The number of para-hydroxylation sites is 1. The highest BCUT2D eigenvalue weighted by Crippen LogP contribution is 2.27. The Hall–Kier alpha value is -1.78. The first-order valence-electron chi connectivity index (χ1n) is 7.45. The van der Waals surface area contributed by atoms with Gasteiger partial charge in [-0.25, -0.2) is 4.98 Å². The maximum Gasteiger partial charge on any atom is 0.262 e. The molecule has 0 saturated heterocycles. The molecule has 0 aliphatic carbocycles. The molecule has 0 spiro atoms. The molecule has 2 aromatic carbocycles. The summed E-state index contributed by atoms with van der Waals surface area (Å²) in [4.78, 5) is 17.4. The standard InChI is InChI=1S/C18H17ClN2OS/c1-12(2)21-17(22)14-8-4-6-10-16(14)20-18(21)23-11-13-7-3-5-9-15(13)19/h3-10,12H,11H2,1-2H3. The number of halogens is 1. The van der Waals surface area contributed by atoms with Crippen LogP contribution in [0.5, 0.6) is 0 Å². The molecule has 0 radical (unpaired) electrons. The van der Waals surface area contributed by atoms with Crippen LogP contribution in [-0.2, 0) is 5.75 Å². The molecule has 3 nitrogen and oxygen atoms in total. The van der Waals surface area contributed by atoms with Crippen LogP contribution in [0.2, 0.25) is 5.02 Å². The number of rotatable bonds is 4. The third kappa shape index (κ3) is 3.28. The minimum absolute atomic E-state index is 0.00672. The van der Waals surface area contributed by atoms with E-state index in [1.54, 1.807) is 4.57 Å². The molecular formula is C18H17ClN2OS. The second-order valence-electron chi connectivity index (χ2n) is 5.56. The van der Waals surface area contributed by atoms with Crippen molar-refractivity contribution in [2.75, 3.05) is 0 Å². The van der Waals surface area contributed by atoms with Gasteiger partial charge >= 0.3 is 0 Å². The van der Waals surface area contributed by atoms with E-state index in [9.17, 15) is 4.79 Å². The number of hydrogen-bond donors (Lipinski definition) is 0. The Morgan fingerprint density at radius 3 is 2.57 bits per heavy atom. The summed E-state index contributed by atoms with van der Waals surface area (Å²) in [6, 6.07) is 15.3. The number of fused-ring (bicyclic) bond motifs is 1. The molecule has 0 fully saturated rings. The Bertz CT molecular complexity index is 905. The molecule has 1 aromatic heterocycles. The van der Waals surface area contributed by atoms with Crippen molar-refractivity contribution in [3.05, 3.63) is 69.5 Å². The van der Waals surface area contributed by atoms with E-state index < -0.39 is 0 Å². The lowest BCUT2D eigenvalue weighted by molar-refractivity contribution is 0.519. The molecule has 0 atom stereocenters. The van der Waals surface area contributed by atoms with Gasteiger partial charge in [0.25, 0.3) is 5.56 Å². The van der Waals surface area contributed by atoms with Crippen LogP contribution in [0.15, 0.2) is 58.5 Å². The third-order valence-electron chi connectivity index (χ3n) is 3.61. The average molecular weight is 345 g/mol. The van der Waals surface area contributed by atoms with E-state index in [4.69, 9.17) is 11.6 Å². The Balaban J connectivity index is 2.04. The maximum atomic E-state index is 12.8. The van der Waals surface area contributed by atoms with Gasteiger partial charge in [0, 0.05) is 16.8 Å². The highest BCUT2D eigenvalue weighted by molar-refractivity contribution is 7.98. The van der Waals surface area contributed by atoms with Gasteiger partial charge in [-0.15, -0.1) is 0 Å². The van der Waals surface area contributed by atoms with Crippen LogP contribution in [0, 0.1) is 0 Å². The Morgan fingerprint density at radius 1 is 1.13 bits per heavy atom. The van der Waals surface area contributed by atoms with Gasteiger partial charge < -0.3 is 0 Å². The van der Waals surface area contributed by atoms with Gasteiger partial charge in [-0.1, -0.05) is 53.7 Å². The highest BCUT2D eigenvalue weighted by atomic mass is 35.5. The second kappa shape index (κ2) is 6.77. The van der Waals surface area contributed by atoms with Crippen LogP contribution in [0.25, 0.3) is 10.9 Å². The lowest BCUT2D eigenvalue weighted by Gasteiger charge is -2.16. The molecule has 0 aliphatic rings. The molecule has 0 saturated carbocycles. The molecular weight excluding hydrogens is 328 g/mol. The smallest absolute Gasteiger partial charge is 0.262 e. The van der Waals surface area contributed by atoms with Crippen LogP contribution in [0.4, 0.5) is 0 Å². The van der Waals surface area contributed by atoms with Gasteiger partial charge in [0.2, 0.25) is 0 Å². The van der Waals surface area contributed by atoms with Gasteiger partial charge in [0.1, 0.15) is 0 Å². The molecule has 0 aliphatic heterocycles. The Morgan fingerprint density at radius 2 is 1.83 bits per heavy atom. The summed E-state index contributed by atoms with van der Waals surface area (Å²) in [7, 11) is 0. The largest absolute Gasteiger partial charge is 0.285 e. The predicted octanol–water partition coefficient (Wildman–Crippen LogP) is 4.92. The first-order chi connectivity index (χ1) is 11.1. The molecule has 23 heavy (non-hydrogen) atoms. The normalized spacial score (nSPS) is 11.3. The summed E-state index contributed by atoms with van der Waals surface area (Å²) in [5, 5.41) is 2.12. The summed E-state index contributed by atoms with van der Waals surface area (Å²) in [6.45, 7) is 3.99. The predicted molar refractivity (Wildman–Crippen MR) is 97.4 cm³/mol. The first kappa shape index (κ1) is 16.1. The van der Waals surface area contributed by atoms with Crippen LogP contribution in [-0.4, -0.2) is 9.55 Å². The number of nitrogens with zero attached hydrogens (tertiary/aromatic N) is 2. The van der Waals surface area contributed by atoms with E-state index in [0.29, 0.717) is 11.1 Å². The van der Waals surface area contributed by atoms with Crippen LogP contribution < -0.4 is 5.56 Å². The SMILES string of the molecule is CC(C)n1c(SCc2ccccc2Cl)nc2ccccc2c1=O. The van der Waals surface area contributed by atoms with Crippen molar-refractivity contribution in [3.8, 4) is 0 Å². The number of thioether (sulfide) groups is 1. The van der Waals surface area contributed by atoms with Crippen molar-refractivity contribution >= 4 is 34.3 Å². The second-order valence-corrected chi connectivity index (χ2v) is 6.91. The lowest BCUT2D eigenvalue weighted by atomic mass is 10.2. The van der Waals surface area contributed by atoms with E-state index in [2.05, 4.69) is 4.98 Å². The van der Waals surface area contributed by atoms with E-state index in [0.717, 1.165) is 21.3 Å². The number of aromatic nitrogens is 2. The van der Waals surface area contributed by atoms with Crippen LogP contribution in [0.1, 0.15) is 25.5 Å². The van der Waals surface area contributed by atoms with Gasteiger partial charge in [-0.05, 0) is 37.6 Å².